The van der Waals surface area contributed by atoms with Crippen molar-refractivity contribution in [1.82, 2.24) is 19.7 Å². The number of fused-ring (bicyclic) bond motifs is 3. The zero-order valence-electron chi connectivity index (χ0n) is 13.9. The number of hydrogen-bond acceptors (Lipinski definition) is 5. The number of rotatable bonds is 2. The van der Waals surface area contributed by atoms with Crippen LogP contribution in [0.1, 0.15) is 17.0 Å². The summed E-state index contributed by atoms with van der Waals surface area (Å²) >= 11 is 1.56. The van der Waals surface area contributed by atoms with Crippen molar-refractivity contribution < 1.29 is 9.59 Å². The molecule has 2 amide bonds. The lowest BCUT2D eigenvalue weighted by molar-refractivity contribution is -0.127. The van der Waals surface area contributed by atoms with E-state index < -0.39 is 0 Å². The number of nitrogens with zero attached hydrogens (tertiary/aromatic N) is 5. The van der Waals surface area contributed by atoms with Crippen LogP contribution in [0.3, 0.4) is 0 Å². The van der Waals surface area contributed by atoms with E-state index in [2.05, 4.69) is 5.10 Å². The molecule has 8 heteroatoms. The van der Waals surface area contributed by atoms with Gasteiger partial charge in [-0.2, -0.15) is 5.10 Å². The highest BCUT2D eigenvalue weighted by atomic mass is 32.1. The summed E-state index contributed by atoms with van der Waals surface area (Å²) < 4.78 is 1.89. The molecule has 1 aliphatic heterocycles. The number of thiazole rings is 1. The van der Waals surface area contributed by atoms with Gasteiger partial charge in [-0.3, -0.25) is 19.2 Å². The quantitative estimate of drug-likeness (QED) is 0.817. The summed E-state index contributed by atoms with van der Waals surface area (Å²) in [7, 11) is 5.43. The van der Waals surface area contributed by atoms with Crippen molar-refractivity contribution in [2.24, 2.45) is 13.0 Å². The molecule has 0 bridgehead atoms. The highest BCUT2D eigenvalue weighted by Gasteiger charge is 2.35. The fourth-order valence-electron chi connectivity index (χ4n) is 3.45. The predicted molar refractivity (Wildman–Crippen MR) is 90.9 cm³/mol. The molecule has 1 fully saturated rings. The van der Waals surface area contributed by atoms with E-state index in [0.717, 1.165) is 24.1 Å². The Bertz CT molecular complexity index is 840. The van der Waals surface area contributed by atoms with Crippen LogP contribution in [0.4, 0.5) is 5.13 Å². The van der Waals surface area contributed by atoms with E-state index in [1.54, 1.807) is 35.2 Å². The van der Waals surface area contributed by atoms with E-state index in [9.17, 15) is 9.59 Å². The molecule has 0 saturated carbocycles. The maximum atomic E-state index is 12.7. The molecule has 0 radical (unpaired) electrons. The second kappa shape index (κ2) is 5.41. The molecule has 4 rings (SSSR count). The molecular formula is C16H19N5O2S. The largest absolute Gasteiger partial charge is 0.345 e. The molecule has 3 heterocycles. The second-order valence-corrected chi connectivity index (χ2v) is 7.53. The van der Waals surface area contributed by atoms with Crippen molar-refractivity contribution in [3.63, 3.8) is 0 Å². The first-order valence-corrected chi connectivity index (χ1v) is 8.80. The lowest BCUT2D eigenvalue weighted by Crippen LogP contribution is -2.34. The average molecular weight is 345 g/mol. The minimum absolute atomic E-state index is 0.0279. The van der Waals surface area contributed by atoms with E-state index in [-0.39, 0.29) is 24.2 Å². The van der Waals surface area contributed by atoms with Gasteiger partial charge < -0.3 is 4.90 Å². The Morgan fingerprint density at radius 1 is 1.38 bits per heavy atom. The van der Waals surface area contributed by atoms with Crippen molar-refractivity contribution in [2.75, 3.05) is 25.5 Å². The molecule has 0 aromatic carbocycles. The SMILES string of the molecule is CN1C[C@H](C(=O)N(C)c2nc3c(s2)CCc2c-3cnn2C)CC1=O. The van der Waals surface area contributed by atoms with Crippen LogP contribution >= 0.6 is 11.3 Å². The number of aryl methyl sites for hydroxylation is 2. The number of amides is 2. The Kier molecular flexibility index (Phi) is 3.45. The van der Waals surface area contributed by atoms with Crippen LogP contribution in [0.15, 0.2) is 6.20 Å². The summed E-state index contributed by atoms with van der Waals surface area (Å²) in [6.07, 6.45) is 4.01. The zero-order chi connectivity index (χ0) is 17.0. The van der Waals surface area contributed by atoms with Crippen LogP contribution in [0.25, 0.3) is 11.3 Å². The smallest absolute Gasteiger partial charge is 0.233 e. The van der Waals surface area contributed by atoms with Gasteiger partial charge in [0.1, 0.15) is 0 Å². The summed E-state index contributed by atoms with van der Waals surface area (Å²) in [5.74, 6) is -0.284. The Balaban J connectivity index is 1.61. The molecule has 0 N–H and O–H groups in total. The highest BCUT2D eigenvalue weighted by molar-refractivity contribution is 7.16. The molecule has 1 saturated heterocycles. The minimum atomic E-state index is -0.276. The highest BCUT2D eigenvalue weighted by Crippen LogP contribution is 2.39. The van der Waals surface area contributed by atoms with Gasteiger partial charge in [0.2, 0.25) is 11.8 Å². The number of anilines is 1. The molecule has 2 aliphatic rings. The van der Waals surface area contributed by atoms with Crippen molar-refractivity contribution >= 4 is 28.3 Å². The third-order valence-electron chi connectivity index (χ3n) is 4.90. The summed E-state index contributed by atoms with van der Waals surface area (Å²) in [4.78, 5) is 33.5. The minimum Gasteiger partial charge on any atom is -0.345 e. The van der Waals surface area contributed by atoms with E-state index in [4.69, 9.17) is 4.98 Å². The van der Waals surface area contributed by atoms with Gasteiger partial charge >= 0.3 is 0 Å². The topological polar surface area (TPSA) is 71.3 Å². The van der Waals surface area contributed by atoms with Crippen LogP contribution in [-0.2, 0) is 29.5 Å². The van der Waals surface area contributed by atoms with Crippen LogP contribution in [0.2, 0.25) is 0 Å². The van der Waals surface area contributed by atoms with Gasteiger partial charge in [0, 0.05) is 50.2 Å². The fraction of sp³-hybridized carbons (Fsp3) is 0.500. The van der Waals surface area contributed by atoms with E-state index in [1.165, 1.54) is 10.6 Å². The first kappa shape index (κ1) is 15.3. The van der Waals surface area contributed by atoms with E-state index in [1.807, 2.05) is 17.9 Å². The van der Waals surface area contributed by atoms with Crippen molar-refractivity contribution in [3.8, 4) is 11.3 Å². The van der Waals surface area contributed by atoms with Crippen LogP contribution in [-0.4, -0.2) is 52.1 Å². The van der Waals surface area contributed by atoms with Crippen LogP contribution in [0, 0.1) is 5.92 Å². The van der Waals surface area contributed by atoms with Gasteiger partial charge in [0.25, 0.3) is 0 Å². The summed E-state index contributed by atoms with van der Waals surface area (Å²) in [5.41, 5.74) is 3.21. The van der Waals surface area contributed by atoms with Crippen LogP contribution < -0.4 is 4.90 Å². The summed E-state index contributed by atoms with van der Waals surface area (Å²) in [6, 6.07) is 0. The van der Waals surface area contributed by atoms with E-state index >= 15 is 0 Å². The number of likely N-dealkylation sites (tertiary alicyclic amines) is 1. The van der Waals surface area contributed by atoms with Gasteiger partial charge in [0.15, 0.2) is 5.13 Å². The Labute approximate surface area is 143 Å². The maximum absolute atomic E-state index is 12.7. The number of carbonyl (C=O) groups excluding carboxylic acids is 2. The molecule has 1 aliphatic carbocycles. The predicted octanol–water partition coefficient (Wildman–Crippen LogP) is 1.08. The number of carbonyl (C=O) groups is 2. The van der Waals surface area contributed by atoms with Crippen LogP contribution in [0.5, 0.6) is 0 Å². The van der Waals surface area contributed by atoms with E-state index in [0.29, 0.717) is 11.7 Å². The summed E-state index contributed by atoms with van der Waals surface area (Å²) in [5, 5.41) is 5.02. The monoisotopic (exact) mass is 345 g/mol. The maximum Gasteiger partial charge on any atom is 0.233 e. The lowest BCUT2D eigenvalue weighted by Gasteiger charge is -2.17. The summed E-state index contributed by atoms with van der Waals surface area (Å²) in [6.45, 7) is 0.486. The number of hydrogen-bond donors (Lipinski definition) is 0. The lowest BCUT2D eigenvalue weighted by atomic mass is 10.0. The molecule has 24 heavy (non-hydrogen) atoms. The molecular weight excluding hydrogens is 326 g/mol. The van der Waals surface area contributed by atoms with Crippen molar-refractivity contribution in [1.29, 1.82) is 0 Å². The van der Waals surface area contributed by atoms with Crippen molar-refractivity contribution in [3.05, 3.63) is 16.8 Å². The molecule has 1 atom stereocenters. The molecule has 7 nitrogen and oxygen atoms in total. The molecule has 126 valence electrons. The molecule has 2 aromatic heterocycles. The average Bonchev–Trinajstić information content (AvgIpc) is 3.24. The standard InChI is InChI=1S/C16H19N5O2S/c1-19-8-9(6-13(19)22)15(23)20(2)16-18-14-10-7-17-21(3)11(10)4-5-12(14)24-16/h7,9H,4-6,8H2,1-3H3/t9-/m1/s1. The third kappa shape index (κ3) is 2.24. The zero-order valence-corrected chi connectivity index (χ0v) is 14.8. The fourth-order valence-corrected chi connectivity index (χ4v) is 4.49. The van der Waals surface area contributed by atoms with Crippen molar-refractivity contribution in [2.45, 2.75) is 19.3 Å². The number of aromatic nitrogens is 3. The molecule has 0 unspecified atom stereocenters. The first-order valence-electron chi connectivity index (χ1n) is 7.98. The third-order valence-corrected chi connectivity index (χ3v) is 6.09. The van der Waals surface area contributed by atoms with Gasteiger partial charge in [0.05, 0.1) is 17.8 Å². The normalized spacial score (nSPS) is 19.4. The Hall–Kier alpha value is -2.22. The Morgan fingerprint density at radius 2 is 2.17 bits per heavy atom. The molecule has 2 aromatic rings. The van der Waals surface area contributed by atoms with Gasteiger partial charge in [-0.15, -0.1) is 11.3 Å². The molecule has 0 spiro atoms. The van der Waals surface area contributed by atoms with Gasteiger partial charge in [-0.05, 0) is 12.8 Å². The Morgan fingerprint density at radius 3 is 2.88 bits per heavy atom. The van der Waals surface area contributed by atoms with Gasteiger partial charge in [-0.25, -0.2) is 4.98 Å². The second-order valence-electron chi connectivity index (χ2n) is 6.47. The van der Waals surface area contributed by atoms with Gasteiger partial charge in [-0.1, -0.05) is 0 Å². The first-order chi connectivity index (χ1) is 11.5.